The molecule has 0 saturated heterocycles. The zero-order valence-electron chi connectivity index (χ0n) is 23.5. The monoisotopic (exact) mass is 496 g/mol. The average molecular weight is 497 g/mol. The predicted molar refractivity (Wildman–Crippen MR) is 150 cm³/mol. The molecule has 4 nitrogen and oxygen atoms in total. The molecule has 0 aliphatic carbocycles. The predicted octanol–water partition coefficient (Wildman–Crippen LogP) is 7.59. The molecule has 0 aromatic heterocycles. The molecule has 0 saturated carbocycles. The molecule has 0 aliphatic heterocycles. The first kappa shape index (κ1) is 29.9. The van der Waals surface area contributed by atoms with Crippen LogP contribution in [-0.4, -0.2) is 43.8 Å². The van der Waals surface area contributed by atoms with Gasteiger partial charge in [0.25, 0.3) is 0 Å². The summed E-state index contributed by atoms with van der Waals surface area (Å²) < 4.78 is 12.4. The number of aryl methyl sites for hydroxylation is 1. The zero-order chi connectivity index (χ0) is 26.2. The van der Waals surface area contributed by atoms with Crippen LogP contribution < -0.4 is 4.74 Å². The fourth-order valence-corrected chi connectivity index (χ4v) is 4.71. The van der Waals surface area contributed by atoms with E-state index in [0.717, 1.165) is 36.2 Å². The number of ether oxygens (including phenoxy) is 2. The molecule has 2 atom stereocenters. The summed E-state index contributed by atoms with van der Waals surface area (Å²) in [7, 11) is 4.35. The lowest BCUT2D eigenvalue weighted by Crippen LogP contribution is -2.45. The summed E-state index contributed by atoms with van der Waals surface area (Å²) >= 11 is 0. The fourth-order valence-electron chi connectivity index (χ4n) is 4.71. The second-order valence-electron chi connectivity index (χ2n) is 10.9. The molecule has 0 heterocycles. The summed E-state index contributed by atoms with van der Waals surface area (Å²) in [6, 6.07) is 18.8. The molecule has 0 N–H and O–H groups in total. The molecule has 2 aromatic rings. The Bertz CT molecular complexity index is 847. The van der Waals surface area contributed by atoms with Gasteiger partial charge in [0.15, 0.2) is 0 Å². The molecule has 0 fully saturated rings. The number of hydrogen-bond acceptors (Lipinski definition) is 3. The van der Waals surface area contributed by atoms with E-state index in [-0.39, 0.29) is 24.6 Å². The minimum atomic E-state index is -0.188. The number of carbonyl (C=O) groups excluding carboxylic acids is 1. The summed E-state index contributed by atoms with van der Waals surface area (Å²) in [5.74, 6) is 0.577. The molecule has 0 aliphatic rings. The lowest BCUT2D eigenvalue weighted by molar-refractivity contribution is -0.906. The van der Waals surface area contributed by atoms with Crippen molar-refractivity contribution in [1.29, 1.82) is 0 Å². The van der Waals surface area contributed by atoms with Crippen molar-refractivity contribution in [2.75, 3.05) is 27.2 Å². The third-order valence-corrected chi connectivity index (χ3v) is 6.78. The summed E-state index contributed by atoms with van der Waals surface area (Å²) in [5, 5.41) is 0. The molecule has 0 radical (unpaired) electrons. The number of carbonyl (C=O) groups is 1. The highest BCUT2D eigenvalue weighted by Crippen LogP contribution is 2.18. The van der Waals surface area contributed by atoms with Gasteiger partial charge in [-0.05, 0) is 43.9 Å². The van der Waals surface area contributed by atoms with Crippen LogP contribution in [0.5, 0.6) is 5.75 Å². The van der Waals surface area contributed by atoms with E-state index in [1.807, 2.05) is 25.1 Å². The number of hydrogen-bond donors (Lipinski definition) is 0. The number of rotatable bonds is 18. The highest BCUT2D eigenvalue weighted by Gasteiger charge is 2.28. The average Bonchev–Trinajstić information content (AvgIpc) is 2.86. The maximum absolute atomic E-state index is 12.8. The van der Waals surface area contributed by atoms with Crippen LogP contribution in [0.3, 0.4) is 0 Å². The van der Waals surface area contributed by atoms with Crippen LogP contribution in [0.25, 0.3) is 0 Å². The van der Waals surface area contributed by atoms with Crippen LogP contribution in [0.2, 0.25) is 0 Å². The summed E-state index contributed by atoms with van der Waals surface area (Å²) in [4.78, 5) is 12.8. The van der Waals surface area contributed by atoms with Crippen molar-refractivity contribution in [3.05, 3.63) is 65.7 Å². The number of quaternary nitrogens is 1. The van der Waals surface area contributed by atoms with Crippen LogP contribution in [0.1, 0.15) is 83.3 Å². The van der Waals surface area contributed by atoms with Gasteiger partial charge in [-0.2, -0.15) is 0 Å². The molecular weight excluding hydrogens is 446 g/mol. The van der Waals surface area contributed by atoms with Gasteiger partial charge in [0, 0.05) is 5.56 Å². The Balaban J connectivity index is 1.70. The molecular formula is C32H50NO3+. The van der Waals surface area contributed by atoms with Gasteiger partial charge in [0.2, 0.25) is 0 Å². The maximum atomic E-state index is 12.8. The Morgan fingerprint density at radius 3 is 2.11 bits per heavy atom. The summed E-state index contributed by atoms with van der Waals surface area (Å²) in [6.07, 6.45) is 11.0. The van der Waals surface area contributed by atoms with Crippen LogP contribution in [0.4, 0.5) is 0 Å². The Morgan fingerprint density at radius 1 is 0.833 bits per heavy atom. The maximum Gasteiger partial charge on any atom is 0.314 e. The van der Waals surface area contributed by atoms with E-state index in [0.29, 0.717) is 0 Å². The van der Waals surface area contributed by atoms with Crippen molar-refractivity contribution in [3.8, 4) is 5.75 Å². The van der Waals surface area contributed by atoms with Gasteiger partial charge in [0.1, 0.15) is 30.9 Å². The molecule has 0 spiro atoms. The van der Waals surface area contributed by atoms with Crippen molar-refractivity contribution >= 4 is 5.97 Å². The topological polar surface area (TPSA) is 35.5 Å². The molecule has 0 amide bonds. The number of benzene rings is 2. The molecule has 2 aromatic carbocycles. The Morgan fingerprint density at radius 2 is 1.47 bits per heavy atom. The van der Waals surface area contributed by atoms with E-state index < -0.39 is 0 Å². The van der Waals surface area contributed by atoms with E-state index >= 15 is 0 Å². The van der Waals surface area contributed by atoms with Gasteiger partial charge in [0.05, 0.1) is 20.6 Å². The lowest BCUT2D eigenvalue weighted by Gasteiger charge is -2.32. The molecule has 36 heavy (non-hydrogen) atoms. The molecule has 2 rings (SSSR count). The van der Waals surface area contributed by atoms with Crippen LogP contribution in [-0.2, 0) is 22.5 Å². The Kier molecular flexibility index (Phi) is 13.6. The first-order chi connectivity index (χ1) is 17.3. The third kappa shape index (κ3) is 12.1. The van der Waals surface area contributed by atoms with Crippen LogP contribution >= 0.6 is 0 Å². The highest BCUT2D eigenvalue weighted by molar-refractivity contribution is 5.72. The molecule has 0 bridgehead atoms. The molecule has 2 unspecified atom stereocenters. The van der Waals surface area contributed by atoms with Gasteiger partial charge in [-0.25, -0.2) is 0 Å². The zero-order valence-corrected chi connectivity index (χ0v) is 23.5. The van der Waals surface area contributed by atoms with Gasteiger partial charge in [-0.3, -0.25) is 4.79 Å². The first-order valence-corrected chi connectivity index (χ1v) is 14.1. The normalized spacial score (nSPS) is 13.2. The van der Waals surface area contributed by atoms with Crippen molar-refractivity contribution in [1.82, 2.24) is 0 Å². The van der Waals surface area contributed by atoms with Gasteiger partial charge >= 0.3 is 5.97 Å². The van der Waals surface area contributed by atoms with E-state index in [4.69, 9.17) is 9.47 Å². The number of nitrogens with zero attached hydrogens (tertiary/aromatic N) is 1. The van der Waals surface area contributed by atoms with Crippen LogP contribution in [0.15, 0.2) is 54.6 Å². The van der Waals surface area contributed by atoms with Gasteiger partial charge < -0.3 is 14.0 Å². The van der Waals surface area contributed by atoms with E-state index in [1.54, 1.807) is 0 Å². The number of esters is 1. The largest absolute Gasteiger partial charge is 0.487 e. The number of unbranched alkanes of at least 4 members (excludes halogenated alkanes) is 6. The standard InChI is InChI=1S/C32H50NO3/c1-6-8-9-10-11-12-14-17-28-20-22-31(23-21-28)36-27(3)26-35-32(34)30(7-2)25-33(4,5)24-29-18-15-13-16-19-29/h13,15-16,18-23,27,30H,6-12,14,17,24-26H2,1-5H3/q+1. The minimum Gasteiger partial charge on any atom is -0.487 e. The Hall–Kier alpha value is -2.33. The highest BCUT2D eigenvalue weighted by atomic mass is 16.6. The fraction of sp³-hybridized carbons (Fsp3) is 0.594. The van der Waals surface area contributed by atoms with Gasteiger partial charge in [-0.15, -0.1) is 0 Å². The van der Waals surface area contributed by atoms with E-state index in [9.17, 15) is 4.79 Å². The second kappa shape index (κ2) is 16.4. The summed E-state index contributed by atoms with van der Waals surface area (Å²) in [5.41, 5.74) is 2.64. The SMILES string of the molecule is CCCCCCCCCc1ccc(OC(C)COC(=O)C(CC)C[N+](C)(C)Cc2ccccc2)cc1. The quantitative estimate of drug-likeness (QED) is 0.121. The van der Waals surface area contributed by atoms with Crippen molar-refractivity contribution < 1.29 is 18.8 Å². The Labute approximate surface area is 220 Å². The van der Waals surface area contributed by atoms with Crippen LogP contribution in [0, 0.1) is 5.92 Å². The minimum absolute atomic E-state index is 0.123. The molecule has 4 heteroatoms. The van der Waals surface area contributed by atoms with E-state index in [1.165, 1.54) is 56.1 Å². The smallest absolute Gasteiger partial charge is 0.314 e. The van der Waals surface area contributed by atoms with Gasteiger partial charge in [-0.1, -0.05) is 94.8 Å². The lowest BCUT2D eigenvalue weighted by atomic mass is 10.0. The van der Waals surface area contributed by atoms with Crippen molar-refractivity contribution in [2.45, 2.75) is 91.2 Å². The third-order valence-electron chi connectivity index (χ3n) is 6.78. The van der Waals surface area contributed by atoms with E-state index in [2.05, 4.69) is 64.3 Å². The first-order valence-electron chi connectivity index (χ1n) is 14.1. The van der Waals surface area contributed by atoms with Crippen molar-refractivity contribution in [3.63, 3.8) is 0 Å². The summed E-state index contributed by atoms with van der Waals surface area (Å²) in [6.45, 7) is 8.18. The molecule has 200 valence electrons. The van der Waals surface area contributed by atoms with Crippen molar-refractivity contribution in [2.24, 2.45) is 5.92 Å². The second-order valence-corrected chi connectivity index (χ2v) is 10.9.